The predicted molar refractivity (Wildman–Crippen MR) is 57.4 cm³/mol. The molecule has 0 fully saturated rings. The monoisotopic (exact) mass is 231 g/mol. The minimum Gasteiger partial charge on any atom is -0.260 e. The Bertz CT molecular complexity index is 346. The van der Waals surface area contributed by atoms with Crippen LogP contribution in [0.4, 0.5) is 13.2 Å². The van der Waals surface area contributed by atoms with Crippen molar-refractivity contribution in [3.63, 3.8) is 0 Å². The van der Waals surface area contributed by atoms with Gasteiger partial charge in [0.15, 0.2) is 0 Å². The summed E-state index contributed by atoms with van der Waals surface area (Å²) in [5, 5.41) is 0. The van der Waals surface area contributed by atoms with E-state index in [4.69, 9.17) is 0 Å². The highest BCUT2D eigenvalue weighted by Gasteiger charge is 2.37. The van der Waals surface area contributed by atoms with Gasteiger partial charge in [-0.3, -0.25) is 4.98 Å². The number of alkyl halides is 3. The highest BCUT2D eigenvalue weighted by molar-refractivity contribution is 5.23. The topological polar surface area (TPSA) is 12.9 Å². The van der Waals surface area contributed by atoms with Crippen LogP contribution in [-0.2, 0) is 5.41 Å². The maximum Gasteiger partial charge on any atom is 0.396 e. The minimum absolute atomic E-state index is 0.0699. The Labute approximate surface area is 93.7 Å². The Hall–Kier alpha value is -1.06. The van der Waals surface area contributed by atoms with Gasteiger partial charge >= 0.3 is 6.18 Å². The first-order chi connectivity index (χ1) is 7.12. The molecular formula is C12H16F3N. The molecule has 1 rings (SSSR count). The van der Waals surface area contributed by atoms with Crippen molar-refractivity contribution in [3.05, 3.63) is 29.6 Å². The van der Waals surface area contributed by atoms with Crippen molar-refractivity contribution >= 4 is 0 Å². The van der Waals surface area contributed by atoms with Gasteiger partial charge in [-0.25, -0.2) is 0 Å². The van der Waals surface area contributed by atoms with E-state index in [1.807, 2.05) is 20.8 Å². The van der Waals surface area contributed by atoms with Gasteiger partial charge in [-0.1, -0.05) is 26.8 Å². The normalized spacial score (nSPS) is 14.9. The van der Waals surface area contributed by atoms with Crippen LogP contribution < -0.4 is 0 Å². The maximum atomic E-state index is 12.4. The summed E-state index contributed by atoms with van der Waals surface area (Å²) in [7, 11) is 0. The van der Waals surface area contributed by atoms with Gasteiger partial charge in [0.2, 0.25) is 0 Å². The molecule has 0 bridgehead atoms. The van der Waals surface area contributed by atoms with Gasteiger partial charge in [-0.05, 0) is 24.0 Å². The van der Waals surface area contributed by atoms with Crippen LogP contribution in [0.25, 0.3) is 0 Å². The Balaban J connectivity index is 2.96. The summed E-state index contributed by atoms with van der Waals surface area (Å²) >= 11 is 0. The molecule has 0 saturated carbocycles. The average Bonchev–Trinajstić information content (AvgIpc) is 2.14. The minimum atomic E-state index is -4.23. The SMILES string of the molecule is CC(c1ccc(C(C)(C)C)cn1)C(F)(F)F. The lowest BCUT2D eigenvalue weighted by Gasteiger charge is -2.20. The average molecular weight is 231 g/mol. The van der Waals surface area contributed by atoms with Crippen molar-refractivity contribution in [2.75, 3.05) is 0 Å². The van der Waals surface area contributed by atoms with E-state index in [1.165, 1.54) is 12.3 Å². The molecule has 0 aliphatic rings. The van der Waals surface area contributed by atoms with E-state index in [1.54, 1.807) is 6.07 Å². The highest BCUT2D eigenvalue weighted by Crippen LogP contribution is 2.33. The van der Waals surface area contributed by atoms with Gasteiger partial charge in [0, 0.05) is 6.20 Å². The fourth-order valence-electron chi connectivity index (χ4n) is 1.27. The Kier molecular flexibility index (Phi) is 3.31. The molecule has 1 aromatic rings. The zero-order chi connectivity index (χ0) is 12.6. The fourth-order valence-corrected chi connectivity index (χ4v) is 1.27. The molecule has 0 N–H and O–H groups in total. The first kappa shape index (κ1) is 13.0. The predicted octanol–water partition coefficient (Wildman–Crippen LogP) is 4.04. The number of aromatic nitrogens is 1. The van der Waals surface area contributed by atoms with E-state index < -0.39 is 12.1 Å². The van der Waals surface area contributed by atoms with E-state index in [0.29, 0.717) is 0 Å². The van der Waals surface area contributed by atoms with Gasteiger partial charge in [0.05, 0.1) is 11.6 Å². The van der Waals surface area contributed by atoms with Gasteiger partial charge in [0.1, 0.15) is 0 Å². The molecule has 1 nitrogen and oxygen atoms in total. The molecule has 0 spiro atoms. The molecule has 1 aromatic heterocycles. The Morgan fingerprint density at radius 2 is 1.69 bits per heavy atom. The second-order valence-corrected chi connectivity index (χ2v) is 4.99. The lowest BCUT2D eigenvalue weighted by Crippen LogP contribution is -2.19. The molecule has 1 heterocycles. The Morgan fingerprint density at radius 1 is 1.12 bits per heavy atom. The summed E-state index contributed by atoms with van der Waals surface area (Å²) in [6, 6.07) is 3.17. The summed E-state index contributed by atoms with van der Waals surface area (Å²) < 4.78 is 37.3. The lowest BCUT2D eigenvalue weighted by molar-refractivity contribution is -0.147. The van der Waals surface area contributed by atoms with E-state index in [2.05, 4.69) is 4.98 Å². The molecule has 0 amide bonds. The smallest absolute Gasteiger partial charge is 0.260 e. The van der Waals surface area contributed by atoms with Crippen LogP contribution in [-0.4, -0.2) is 11.2 Å². The number of nitrogens with zero attached hydrogens (tertiary/aromatic N) is 1. The van der Waals surface area contributed by atoms with Crippen molar-refractivity contribution in [1.82, 2.24) is 4.98 Å². The Morgan fingerprint density at radius 3 is 2.00 bits per heavy atom. The van der Waals surface area contributed by atoms with Crippen LogP contribution in [0.1, 0.15) is 44.9 Å². The lowest BCUT2D eigenvalue weighted by atomic mass is 9.88. The summed E-state index contributed by atoms with van der Waals surface area (Å²) in [5.41, 5.74) is 0.915. The van der Waals surface area contributed by atoms with Crippen LogP contribution in [0, 0.1) is 0 Å². The standard InChI is InChI=1S/C12H16F3N/c1-8(12(13,14)15)10-6-5-9(7-16-10)11(2,3)4/h5-8H,1-4H3. The number of hydrogen-bond donors (Lipinski definition) is 0. The van der Waals surface area contributed by atoms with Crippen molar-refractivity contribution < 1.29 is 13.2 Å². The van der Waals surface area contributed by atoms with Crippen LogP contribution in [0.5, 0.6) is 0 Å². The number of halogens is 3. The molecule has 0 aliphatic carbocycles. The van der Waals surface area contributed by atoms with Gasteiger partial charge in [-0.2, -0.15) is 13.2 Å². The zero-order valence-electron chi connectivity index (χ0n) is 9.89. The second kappa shape index (κ2) is 4.07. The third kappa shape index (κ3) is 2.97. The quantitative estimate of drug-likeness (QED) is 0.710. The van der Waals surface area contributed by atoms with E-state index in [0.717, 1.165) is 12.5 Å². The third-order valence-electron chi connectivity index (χ3n) is 2.59. The number of rotatable bonds is 1. The first-order valence-corrected chi connectivity index (χ1v) is 5.15. The molecule has 0 saturated heterocycles. The molecule has 1 atom stereocenters. The summed E-state index contributed by atoms with van der Waals surface area (Å²) in [6.07, 6.45) is -2.70. The van der Waals surface area contributed by atoms with Crippen molar-refractivity contribution in [2.24, 2.45) is 0 Å². The van der Waals surface area contributed by atoms with E-state index in [-0.39, 0.29) is 11.1 Å². The van der Waals surface area contributed by atoms with E-state index in [9.17, 15) is 13.2 Å². The second-order valence-electron chi connectivity index (χ2n) is 4.99. The van der Waals surface area contributed by atoms with Gasteiger partial charge in [0.25, 0.3) is 0 Å². The molecule has 16 heavy (non-hydrogen) atoms. The van der Waals surface area contributed by atoms with Crippen LogP contribution in [0.15, 0.2) is 18.3 Å². The first-order valence-electron chi connectivity index (χ1n) is 5.15. The highest BCUT2D eigenvalue weighted by atomic mass is 19.4. The molecule has 1 unspecified atom stereocenters. The number of pyridine rings is 1. The zero-order valence-corrected chi connectivity index (χ0v) is 9.89. The van der Waals surface area contributed by atoms with Crippen molar-refractivity contribution in [1.29, 1.82) is 0 Å². The summed E-state index contributed by atoms with van der Waals surface area (Å²) in [4.78, 5) is 3.89. The van der Waals surface area contributed by atoms with Crippen LogP contribution in [0.2, 0.25) is 0 Å². The molecule has 0 aromatic carbocycles. The van der Waals surface area contributed by atoms with Crippen LogP contribution >= 0.6 is 0 Å². The fraction of sp³-hybridized carbons (Fsp3) is 0.583. The largest absolute Gasteiger partial charge is 0.396 e. The maximum absolute atomic E-state index is 12.4. The van der Waals surface area contributed by atoms with Gasteiger partial charge < -0.3 is 0 Å². The molecule has 0 radical (unpaired) electrons. The van der Waals surface area contributed by atoms with Gasteiger partial charge in [-0.15, -0.1) is 0 Å². The molecule has 90 valence electrons. The molecule has 0 aliphatic heterocycles. The molecule has 4 heteroatoms. The van der Waals surface area contributed by atoms with E-state index >= 15 is 0 Å². The summed E-state index contributed by atoms with van der Waals surface area (Å²) in [5.74, 6) is -1.51. The number of hydrogen-bond acceptors (Lipinski definition) is 1. The van der Waals surface area contributed by atoms with Crippen molar-refractivity contribution in [2.45, 2.75) is 45.2 Å². The summed E-state index contributed by atoms with van der Waals surface area (Å²) in [6.45, 7) is 7.11. The van der Waals surface area contributed by atoms with Crippen molar-refractivity contribution in [3.8, 4) is 0 Å². The van der Waals surface area contributed by atoms with Crippen LogP contribution in [0.3, 0.4) is 0 Å². The molecular weight excluding hydrogens is 215 g/mol. The third-order valence-corrected chi connectivity index (χ3v) is 2.59.